The molecule has 5 rings (SSSR count). The van der Waals surface area contributed by atoms with E-state index in [2.05, 4.69) is 6.92 Å². The van der Waals surface area contributed by atoms with E-state index < -0.39 is 29.1 Å². The molecule has 204 valence electrons. The van der Waals surface area contributed by atoms with Crippen LogP contribution >= 0.6 is 0 Å². The number of fused-ring (bicyclic) bond motifs is 2. The van der Waals surface area contributed by atoms with Gasteiger partial charge in [-0.1, -0.05) is 62.8 Å². The van der Waals surface area contributed by atoms with Gasteiger partial charge in [-0.2, -0.15) is 0 Å². The zero-order valence-electron chi connectivity index (χ0n) is 22.6. The van der Waals surface area contributed by atoms with Crippen LogP contribution < -0.4 is 4.90 Å². The van der Waals surface area contributed by atoms with E-state index in [9.17, 15) is 19.5 Å². The lowest BCUT2D eigenvalue weighted by atomic mass is 9.73. The second-order valence-electron chi connectivity index (χ2n) is 10.9. The molecule has 2 unspecified atom stereocenters. The third-order valence-electron chi connectivity index (χ3n) is 8.83. The first-order chi connectivity index (χ1) is 18.3. The fraction of sp³-hybridized carbons (Fsp3) is 0.567. The summed E-state index contributed by atoms with van der Waals surface area (Å²) in [6, 6.07) is 8.60. The quantitative estimate of drug-likeness (QED) is 0.532. The molecule has 38 heavy (non-hydrogen) atoms. The monoisotopic (exact) mass is 521 g/mol. The Bertz CT molecular complexity index is 1140. The van der Waals surface area contributed by atoms with E-state index in [0.29, 0.717) is 25.9 Å². The van der Waals surface area contributed by atoms with E-state index in [4.69, 9.17) is 4.74 Å². The molecule has 2 fully saturated rings. The molecule has 0 saturated carbocycles. The Hall–Kier alpha value is -2.97. The van der Waals surface area contributed by atoms with E-state index in [1.54, 1.807) is 9.80 Å². The minimum Gasteiger partial charge on any atom is -0.396 e. The zero-order valence-corrected chi connectivity index (χ0v) is 22.6. The molecule has 1 aromatic rings. The molecular formula is C30H39N3O5. The third-order valence-corrected chi connectivity index (χ3v) is 8.83. The molecule has 1 spiro atoms. The Balaban J connectivity index is 1.64. The summed E-state index contributed by atoms with van der Waals surface area (Å²) in [5.41, 5.74) is -1.50. The van der Waals surface area contributed by atoms with Crippen LogP contribution in [-0.4, -0.2) is 82.2 Å². The van der Waals surface area contributed by atoms with Crippen LogP contribution in [0.3, 0.4) is 0 Å². The lowest BCUT2D eigenvalue weighted by molar-refractivity contribution is -0.153. The summed E-state index contributed by atoms with van der Waals surface area (Å²) in [5.74, 6) is -2.18. The first-order valence-corrected chi connectivity index (χ1v) is 14.0. The fourth-order valence-electron chi connectivity index (χ4n) is 7.07. The smallest absolute Gasteiger partial charge is 0.249 e. The lowest BCUT2D eigenvalue weighted by Crippen LogP contribution is -2.57. The van der Waals surface area contributed by atoms with Gasteiger partial charge in [0.05, 0.1) is 17.4 Å². The summed E-state index contributed by atoms with van der Waals surface area (Å²) in [7, 11) is 0. The van der Waals surface area contributed by atoms with Crippen molar-refractivity contribution < 1.29 is 24.2 Å². The van der Waals surface area contributed by atoms with Crippen molar-refractivity contribution in [3.8, 4) is 0 Å². The predicted octanol–water partition coefficient (Wildman–Crippen LogP) is 2.92. The highest BCUT2D eigenvalue weighted by molar-refractivity contribution is 6.04. The van der Waals surface area contributed by atoms with Crippen LogP contribution in [0.4, 0.5) is 5.69 Å². The van der Waals surface area contributed by atoms with Crippen LogP contribution in [0.5, 0.6) is 0 Å². The van der Waals surface area contributed by atoms with Gasteiger partial charge in [-0.25, -0.2) is 0 Å². The SMILES string of the molecule is CCCC(C)N1CC=C[C@]23O[C@@]4(CC)C=CCN(c5ccccc5)C(=O)[C@H]4[C@H]2C(=O)N(CCCO)C3C1=O. The molecule has 0 aliphatic carbocycles. The minimum atomic E-state index is -1.26. The molecule has 4 aliphatic heterocycles. The maximum Gasteiger partial charge on any atom is 0.249 e. The van der Waals surface area contributed by atoms with Crippen molar-refractivity contribution in [3.63, 3.8) is 0 Å². The van der Waals surface area contributed by atoms with Crippen molar-refractivity contribution in [1.29, 1.82) is 0 Å². The Kier molecular flexibility index (Phi) is 7.22. The standard InChI is InChI=1S/C30H39N3O5/c1-4-12-21(3)31-17-10-16-30-24(27(36)33(19-11-20-34)25(30)28(31)37)23-26(35)32(22-13-7-6-8-14-22)18-9-15-29(23,5-2)38-30/h6-10,13-16,21,23-25,34H,4-5,11-12,17-20H2,1-3H3/t21?,23-,24+,25?,29+,30+/m1/s1. The van der Waals surface area contributed by atoms with E-state index in [1.807, 2.05) is 73.4 Å². The zero-order chi connectivity index (χ0) is 27.1. The van der Waals surface area contributed by atoms with Crippen LogP contribution in [0.15, 0.2) is 54.6 Å². The number of aliphatic hydroxyl groups excluding tert-OH is 1. The van der Waals surface area contributed by atoms with Crippen molar-refractivity contribution in [2.75, 3.05) is 31.1 Å². The van der Waals surface area contributed by atoms with Gasteiger partial charge in [0, 0.05) is 38.0 Å². The van der Waals surface area contributed by atoms with E-state index in [-0.39, 0.29) is 36.9 Å². The fourth-order valence-corrected chi connectivity index (χ4v) is 7.07. The van der Waals surface area contributed by atoms with Gasteiger partial charge in [0.25, 0.3) is 0 Å². The molecule has 3 amide bonds. The van der Waals surface area contributed by atoms with Gasteiger partial charge in [-0.15, -0.1) is 0 Å². The Labute approximate surface area is 224 Å². The van der Waals surface area contributed by atoms with Crippen molar-refractivity contribution >= 4 is 23.4 Å². The molecule has 8 heteroatoms. The average molecular weight is 522 g/mol. The van der Waals surface area contributed by atoms with Gasteiger partial charge in [0.15, 0.2) is 0 Å². The molecule has 4 heterocycles. The maximum atomic E-state index is 14.4. The van der Waals surface area contributed by atoms with Gasteiger partial charge >= 0.3 is 0 Å². The number of carbonyl (C=O) groups is 3. The number of benzene rings is 1. The topological polar surface area (TPSA) is 90.4 Å². The summed E-state index contributed by atoms with van der Waals surface area (Å²) in [6.07, 6.45) is 10.4. The summed E-state index contributed by atoms with van der Waals surface area (Å²) in [5, 5.41) is 9.60. The van der Waals surface area contributed by atoms with Gasteiger partial charge in [-0.3, -0.25) is 14.4 Å². The van der Waals surface area contributed by atoms with Crippen molar-refractivity contribution in [3.05, 3.63) is 54.6 Å². The first kappa shape index (κ1) is 26.6. The van der Waals surface area contributed by atoms with E-state index in [0.717, 1.165) is 18.5 Å². The van der Waals surface area contributed by atoms with Crippen LogP contribution in [0, 0.1) is 11.8 Å². The Morgan fingerprint density at radius 3 is 2.42 bits per heavy atom. The van der Waals surface area contributed by atoms with Gasteiger partial charge in [0.2, 0.25) is 17.7 Å². The second kappa shape index (κ2) is 10.3. The Morgan fingerprint density at radius 1 is 1.00 bits per heavy atom. The van der Waals surface area contributed by atoms with Gasteiger partial charge in [0.1, 0.15) is 11.6 Å². The number of ether oxygens (including phenoxy) is 1. The molecule has 0 bridgehead atoms. The molecule has 0 aromatic heterocycles. The van der Waals surface area contributed by atoms with Gasteiger partial charge < -0.3 is 24.5 Å². The number of rotatable bonds is 8. The average Bonchev–Trinajstić information content (AvgIpc) is 3.20. The molecular weight excluding hydrogens is 482 g/mol. The highest BCUT2D eigenvalue weighted by Gasteiger charge is 2.75. The number of nitrogens with zero attached hydrogens (tertiary/aromatic N) is 3. The number of amides is 3. The van der Waals surface area contributed by atoms with Crippen LogP contribution in [-0.2, 0) is 19.1 Å². The lowest BCUT2D eigenvalue weighted by Gasteiger charge is -2.39. The molecule has 1 N–H and O–H groups in total. The van der Waals surface area contributed by atoms with Crippen LogP contribution in [0.25, 0.3) is 0 Å². The first-order valence-electron chi connectivity index (χ1n) is 14.0. The highest BCUT2D eigenvalue weighted by Crippen LogP contribution is 2.58. The predicted molar refractivity (Wildman–Crippen MR) is 144 cm³/mol. The third kappa shape index (κ3) is 3.92. The summed E-state index contributed by atoms with van der Waals surface area (Å²) < 4.78 is 6.98. The summed E-state index contributed by atoms with van der Waals surface area (Å²) >= 11 is 0. The molecule has 4 aliphatic rings. The number of para-hydroxylation sites is 1. The minimum absolute atomic E-state index is 0.00302. The number of hydrogen-bond acceptors (Lipinski definition) is 5. The van der Waals surface area contributed by atoms with Crippen LogP contribution in [0.1, 0.15) is 46.5 Å². The largest absolute Gasteiger partial charge is 0.396 e. The van der Waals surface area contributed by atoms with Gasteiger partial charge in [-0.05, 0) is 38.3 Å². The number of aliphatic hydroxyl groups is 1. The summed E-state index contributed by atoms with van der Waals surface area (Å²) in [4.78, 5) is 48.1. The van der Waals surface area contributed by atoms with Crippen molar-refractivity contribution in [2.24, 2.45) is 11.8 Å². The molecule has 8 nitrogen and oxygen atoms in total. The van der Waals surface area contributed by atoms with Crippen molar-refractivity contribution in [2.45, 2.75) is 69.7 Å². The number of anilines is 1. The number of hydrogen-bond donors (Lipinski definition) is 1. The Morgan fingerprint density at radius 2 is 1.74 bits per heavy atom. The van der Waals surface area contributed by atoms with E-state index in [1.165, 1.54) is 0 Å². The second-order valence-corrected chi connectivity index (χ2v) is 10.9. The van der Waals surface area contributed by atoms with Crippen molar-refractivity contribution in [1.82, 2.24) is 9.80 Å². The van der Waals surface area contributed by atoms with Crippen LogP contribution in [0.2, 0.25) is 0 Å². The molecule has 0 radical (unpaired) electrons. The number of carbonyl (C=O) groups excluding carboxylic acids is 3. The molecule has 1 aromatic carbocycles. The normalized spacial score (nSPS) is 33.2. The maximum absolute atomic E-state index is 14.4. The van der Waals surface area contributed by atoms with E-state index >= 15 is 0 Å². The molecule has 6 atom stereocenters. The summed E-state index contributed by atoms with van der Waals surface area (Å²) in [6.45, 7) is 7.05. The highest BCUT2D eigenvalue weighted by atomic mass is 16.5. The molecule has 2 saturated heterocycles. The number of likely N-dealkylation sites (tertiary alicyclic amines) is 1.